The minimum Gasteiger partial charge on any atom is -0.340 e. The highest BCUT2D eigenvalue weighted by atomic mass is 35.5. The molecule has 0 spiro atoms. The fourth-order valence-corrected chi connectivity index (χ4v) is 2.78. The molecule has 0 N–H and O–H groups in total. The molecule has 0 aliphatic rings. The molecule has 1 nitrogen and oxygen atoms in total. The van der Waals surface area contributed by atoms with Crippen LogP contribution in [0.25, 0.3) is 10.9 Å². The lowest BCUT2D eigenvalue weighted by molar-refractivity contribution is 0.776. The lowest BCUT2D eigenvalue weighted by Crippen LogP contribution is -2.03. The first-order chi connectivity index (χ1) is 9.28. The van der Waals surface area contributed by atoms with Crippen molar-refractivity contribution < 1.29 is 0 Å². The van der Waals surface area contributed by atoms with E-state index in [4.69, 9.17) is 11.6 Å². The van der Waals surface area contributed by atoms with E-state index in [2.05, 4.69) is 47.9 Å². The van der Waals surface area contributed by atoms with E-state index in [1.54, 1.807) is 0 Å². The fourth-order valence-electron chi connectivity index (χ4n) is 2.57. The topological polar surface area (TPSA) is 4.93 Å². The van der Waals surface area contributed by atoms with Gasteiger partial charge in [-0.05, 0) is 41.6 Å². The molecule has 3 aromatic rings. The molecule has 1 aromatic heterocycles. The lowest BCUT2D eigenvalue weighted by Gasteiger charge is -2.10. The van der Waals surface area contributed by atoms with Gasteiger partial charge in [0.1, 0.15) is 0 Å². The minimum absolute atomic E-state index is 0.798. The minimum atomic E-state index is 0.798. The van der Waals surface area contributed by atoms with E-state index in [1.165, 1.54) is 22.2 Å². The number of hydrogen-bond donors (Lipinski definition) is 0. The van der Waals surface area contributed by atoms with Crippen LogP contribution in [0.1, 0.15) is 18.2 Å². The van der Waals surface area contributed by atoms with Crippen LogP contribution in [0.5, 0.6) is 0 Å². The number of nitrogens with zero attached hydrogens (tertiary/aromatic N) is 1. The average Bonchev–Trinajstić information content (AvgIpc) is 2.77. The summed E-state index contributed by atoms with van der Waals surface area (Å²) in [5.74, 6) is 0. The summed E-state index contributed by atoms with van der Waals surface area (Å²) in [6.45, 7) is 3.07. The number of benzene rings is 2. The van der Waals surface area contributed by atoms with Crippen LogP contribution in [0, 0.1) is 0 Å². The molecule has 2 aromatic carbocycles. The predicted octanol–water partition coefficient (Wildman–Crippen LogP) is 4.91. The summed E-state index contributed by atoms with van der Waals surface area (Å²) in [5.41, 5.74) is 3.89. The Hall–Kier alpha value is -1.73. The lowest BCUT2D eigenvalue weighted by atomic mass is 10.2. The van der Waals surface area contributed by atoms with Crippen molar-refractivity contribution in [2.45, 2.75) is 19.9 Å². The molecule has 0 radical (unpaired) electrons. The number of halogens is 1. The highest BCUT2D eigenvalue weighted by Crippen LogP contribution is 2.22. The van der Waals surface area contributed by atoms with Crippen LogP contribution in [0.3, 0.4) is 0 Å². The third kappa shape index (κ3) is 2.39. The molecule has 96 valence electrons. The van der Waals surface area contributed by atoms with Gasteiger partial charge >= 0.3 is 0 Å². The summed E-state index contributed by atoms with van der Waals surface area (Å²) in [7, 11) is 0. The Morgan fingerprint density at radius 2 is 1.84 bits per heavy atom. The molecule has 0 aliphatic carbocycles. The molecule has 0 saturated heterocycles. The predicted molar refractivity (Wildman–Crippen MR) is 81.9 cm³/mol. The summed E-state index contributed by atoms with van der Waals surface area (Å²) in [4.78, 5) is 0. The first kappa shape index (κ1) is 12.3. The summed E-state index contributed by atoms with van der Waals surface area (Å²) in [6.07, 6.45) is 1.04. The molecule has 1 heterocycles. The first-order valence-electron chi connectivity index (χ1n) is 6.59. The van der Waals surface area contributed by atoms with Crippen molar-refractivity contribution in [1.29, 1.82) is 0 Å². The Kier molecular flexibility index (Phi) is 3.31. The molecule has 0 saturated carbocycles. The first-order valence-corrected chi connectivity index (χ1v) is 6.97. The van der Waals surface area contributed by atoms with Crippen LogP contribution < -0.4 is 0 Å². The molecule has 0 amide bonds. The van der Waals surface area contributed by atoms with Gasteiger partial charge in [-0.3, -0.25) is 0 Å². The molecule has 0 aliphatic heterocycles. The molecule has 0 bridgehead atoms. The second-order valence-corrected chi connectivity index (χ2v) is 5.20. The van der Waals surface area contributed by atoms with E-state index in [9.17, 15) is 0 Å². The van der Waals surface area contributed by atoms with Crippen molar-refractivity contribution in [3.8, 4) is 0 Å². The van der Waals surface area contributed by atoms with Crippen LogP contribution in [-0.2, 0) is 13.0 Å². The van der Waals surface area contributed by atoms with E-state index < -0.39 is 0 Å². The van der Waals surface area contributed by atoms with E-state index in [1.807, 2.05) is 18.2 Å². The number of fused-ring (bicyclic) bond motifs is 1. The zero-order valence-electron chi connectivity index (χ0n) is 10.9. The zero-order valence-corrected chi connectivity index (χ0v) is 11.7. The highest BCUT2D eigenvalue weighted by Gasteiger charge is 2.07. The Morgan fingerprint density at radius 1 is 1.00 bits per heavy atom. The van der Waals surface area contributed by atoms with Gasteiger partial charge in [-0.2, -0.15) is 0 Å². The van der Waals surface area contributed by atoms with Gasteiger partial charge in [0.25, 0.3) is 0 Å². The summed E-state index contributed by atoms with van der Waals surface area (Å²) >= 11 is 6.07. The van der Waals surface area contributed by atoms with Crippen LogP contribution in [0.4, 0.5) is 0 Å². The van der Waals surface area contributed by atoms with Crippen molar-refractivity contribution in [1.82, 2.24) is 4.57 Å². The van der Waals surface area contributed by atoms with Crippen molar-refractivity contribution in [2.75, 3.05) is 0 Å². The van der Waals surface area contributed by atoms with Gasteiger partial charge in [-0.15, -0.1) is 0 Å². The number of aryl methyl sites for hydroxylation is 1. The maximum Gasteiger partial charge on any atom is 0.0485 e. The molecular formula is C17H16ClN. The second-order valence-electron chi connectivity index (χ2n) is 4.76. The second kappa shape index (κ2) is 5.10. The maximum atomic E-state index is 6.07. The Labute approximate surface area is 118 Å². The van der Waals surface area contributed by atoms with Gasteiger partial charge < -0.3 is 4.57 Å². The third-order valence-corrected chi connectivity index (χ3v) is 3.72. The summed E-state index contributed by atoms with van der Waals surface area (Å²) < 4.78 is 2.38. The van der Waals surface area contributed by atoms with Crippen molar-refractivity contribution in [3.63, 3.8) is 0 Å². The van der Waals surface area contributed by atoms with Crippen molar-refractivity contribution in [3.05, 3.63) is 70.9 Å². The van der Waals surface area contributed by atoms with E-state index in [-0.39, 0.29) is 0 Å². The number of hydrogen-bond acceptors (Lipinski definition) is 0. The molecule has 0 unspecified atom stereocenters. The third-order valence-electron chi connectivity index (χ3n) is 3.49. The standard InChI is InChI=1S/C17H16ClN/c1-2-16-11-14-7-3-4-9-17(14)19(16)12-13-6-5-8-15(18)10-13/h3-11H,2,12H2,1H3. The zero-order chi connectivity index (χ0) is 13.2. The number of rotatable bonds is 3. The smallest absolute Gasteiger partial charge is 0.0485 e. The Balaban J connectivity index is 2.08. The molecule has 19 heavy (non-hydrogen) atoms. The Morgan fingerprint density at radius 3 is 2.63 bits per heavy atom. The number of aromatic nitrogens is 1. The Bertz CT molecular complexity index is 712. The van der Waals surface area contributed by atoms with Crippen LogP contribution in [0.2, 0.25) is 5.02 Å². The molecule has 0 atom stereocenters. The SMILES string of the molecule is CCc1cc2ccccc2n1Cc1cccc(Cl)c1. The van der Waals surface area contributed by atoms with Crippen LogP contribution in [-0.4, -0.2) is 4.57 Å². The van der Waals surface area contributed by atoms with Gasteiger partial charge in [0.2, 0.25) is 0 Å². The normalized spacial score (nSPS) is 11.1. The average molecular weight is 270 g/mol. The summed E-state index contributed by atoms with van der Waals surface area (Å²) in [6, 6.07) is 18.9. The van der Waals surface area contributed by atoms with Gasteiger partial charge in [0.05, 0.1) is 0 Å². The quantitative estimate of drug-likeness (QED) is 0.637. The molecule has 0 fully saturated rings. The van der Waals surface area contributed by atoms with Gasteiger partial charge in [-0.25, -0.2) is 0 Å². The maximum absolute atomic E-state index is 6.07. The molecular weight excluding hydrogens is 254 g/mol. The van der Waals surface area contributed by atoms with Crippen molar-refractivity contribution >= 4 is 22.5 Å². The monoisotopic (exact) mass is 269 g/mol. The van der Waals surface area contributed by atoms with Crippen molar-refractivity contribution in [2.24, 2.45) is 0 Å². The van der Waals surface area contributed by atoms with E-state index in [0.29, 0.717) is 0 Å². The number of para-hydroxylation sites is 1. The van der Waals surface area contributed by atoms with Gasteiger partial charge in [0.15, 0.2) is 0 Å². The van der Waals surface area contributed by atoms with Gasteiger partial charge in [0, 0.05) is 22.8 Å². The largest absolute Gasteiger partial charge is 0.340 e. The molecule has 3 rings (SSSR count). The van der Waals surface area contributed by atoms with Crippen LogP contribution in [0.15, 0.2) is 54.6 Å². The summed E-state index contributed by atoms with van der Waals surface area (Å²) in [5, 5.41) is 2.10. The fraction of sp³-hybridized carbons (Fsp3) is 0.176. The molecule has 2 heteroatoms. The van der Waals surface area contributed by atoms with Crippen LogP contribution >= 0.6 is 11.6 Å². The highest BCUT2D eigenvalue weighted by molar-refractivity contribution is 6.30. The van der Waals surface area contributed by atoms with E-state index in [0.717, 1.165) is 18.0 Å². The van der Waals surface area contributed by atoms with E-state index >= 15 is 0 Å². The van der Waals surface area contributed by atoms with Gasteiger partial charge in [-0.1, -0.05) is 48.9 Å².